The molecule has 1 aliphatic heterocycles. The minimum absolute atomic E-state index is 0.0199. The molecule has 2 aromatic heterocycles. The fraction of sp³-hybridized carbons (Fsp3) is 0.450. The van der Waals surface area contributed by atoms with Gasteiger partial charge in [-0.3, -0.25) is 14.3 Å². The summed E-state index contributed by atoms with van der Waals surface area (Å²) in [7, 11) is -3.22. The molecule has 3 heterocycles. The Kier molecular flexibility index (Phi) is 5.90. The molecule has 10 heteroatoms. The fourth-order valence-electron chi connectivity index (χ4n) is 3.86. The maximum atomic E-state index is 12.3. The monoisotopic (exact) mass is 446 g/mol. The SMILES string of the molecule is CCS(=O)(=O)N1CCC[C@@H](c2n[nH]c(=S)n2-c2cnn(Cc3ccc(C)cc3)c2)C1. The van der Waals surface area contributed by atoms with E-state index in [0.717, 1.165) is 24.4 Å². The van der Waals surface area contributed by atoms with Crippen LogP contribution < -0.4 is 0 Å². The van der Waals surface area contributed by atoms with Crippen molar-refractivity contribution >= 4 is 22.2 Å². The first kappa shape index (κ1) is 21.0. The first-order valence-electron chi connectivity index (χ1n) is 10.1. The third-order valence-electron chi connectivity index (χ3n) is 5.55. The number of piperidine rings is 1. The maximum Gasteiger partial charge on any atom is 0.213 e. The summed E-state index contributed by atoms with van der Waals surface area (Å²) in [5.41, 5.74) is 3.21. The Morgan fingerprint density at radius 1 is 1.27 bits per heavy atom. The van der Waals surface area contributed by atoms with E-state index in [-0.39, 0.29) is 11.7 Å². The van der Waals surface area contributed by atoms with Gasteiger partial charge in [0.1, 0.15) is 5.82 Å². The van der Waals surface area contributed by atoms with Gasteiger partial charge in [-0.05, 0) is 44.5 Å². The molecule has 1 saturated heterocycles. The van der Waals surface area contributed by atoms with Crippen molar-refractivity contribution in [2.75, 3.05) is 18.8 Å². The molecule has 0 bridgehead atoms. The van der Waals surface area contributed by atoms with E-state index in [1.54, 1.807) is 17.4 Å². The number of benzene rings is 1. The smallest absolute Gasteiger partial charge is 0.213 e. The number of hydrogen-bond acceptors (Lipinski definition) is 5. The number of aromatic amines is 1. The lowest BCUT2D eigenvalue weighted by Crippen LogP contribution is -2.40. The highest BCUT2D eigenvalue weighted by Crippen LogP contribution is 2.29. The highest BCUT2D eigenvalue weighted by atomic mass is 32.2. The summed E-state index contributed by atoms with van der Waals surface area (Å²) in [5.74, 6) is 0.845. The van der Waals surface area contributed by atoms with Gasteiger partial charge in [0.2, 0.25) is 10.0 Å². The van der Waals surface area contributed by atoms with Crippen LogP contribution in [0.5, 0.6) is 0 Å². The summed E-state index contributed by atoms with van der Waals surface area (Å²) in [6.07, 6.45) is 5.38. The summed E-state index contributed by atoms with van der Waals surface area (Å²) >= 11 is 5.48. The molecule has 1 aliphatic rings. The van der Waals surface area contributed by atoms with E-state index in [0.29, 0.717) is 24.4 Å². The van der Waals surface area contributed by atoms with E-state index >= 15 is 0 Å². The predicted octanol–water partition coefficient (Wildman–Crippen LogP) is 3.01. The topological polar surface area (TPSA) is 88.8 Å². The molecule has 0 radical (unpaired) electrons. The number of aromatic nitrogens is 5. The van der Waals surface area contributed by atoms with Gasteiger partial charge in [-0.15, -0.1) is 0 Å². The van der Waals surface area contributed by atoms with Crippen molar-refractivity contribution < 1.29 is 8.42 Å². The molecule has 0 unspecified atom stereocenters. The zero-order valence-electron chi connectivity index (χ0n) is 17.2. The van der Waals surface area contributed by atoms with E-state index in [4.69, 9.17) is 12.2 Å². The molecule has 0 saturated carbocycles. The summed E-state index contributed by atoms with van der Waals surface area (Å²) in [4.78, 5) is 0. The minimum Gasteiger partial charge on any atom is -0.269 e. The molecule has 30 heavy (non-hydrogen) atoms. The second-order valence-corrected chi connectivity index (χ2v) is 10.3. The molecule has 1 fully saturated rings. The molecule has 160 valence electrons. The second kappa shape index (κ2) is 8.44. The lowest BCUT2D eigenvalue weighted by atomic mass is 9.99. The highest BCUT2D eigenvalue weighted by molar-refractivity contribution is 7.89. The number of rotatable bonds is 6. The van der Waals surface area contributed by atoms with E-state index in [1.165, 1.54) is 11.1 Å². The van der Waals surface area contributed by atoms with Gasteiger partial charge in [-0.2, -0.15) is 10.2 Å². The zero-order valence-corrected chi connectivity index (χ0v) is 18.8. The number of H-pyrrole nitrogens is 1. The van der Waals surface area contributed by atoms with Crippen molar-refractivity contribution in [3.63, 3.8) is 0 Å². The normalized spacial score (nSPS) is 18.0. The van der Waals surface area contributed by atoms with E-state index in [1.807, 2.05) is 15.4 Å². The van der Waals surface area contributed by atoms with Gasteiger partial charge in [-0.1, -0.05) is 29.8 Å². The molecule has 8 nitrogen and oxygen atoms in total. The molecule has 4 rings (SSSR count). The van der Waals surface area contributed by atoms with E-state index in [9.17, 15) is 8.42 Å². The molecule has 0 aliphatic carbocycles. The summed E-state index contributed by atoms with van der Waals surface area (Å²) in [6, 6.07) is 8.36. The molecule has 0 spiro atoms. The Hall–Kier alpha value is -2.30. The number of aryl methyl sites for hydroxylation is 1. The molecular weight excluding hydrogens is 420 g/mol. The van der Waals surface area contributed by atoms with Crippen LogP contribution in [0.15, 0.2) is 36.7 Å². The van der Waals surface area contributed by atoms with Crippen molar-refractivity contribution in [3.05, 3.63) is 58.4 Å². The first-order chi connectivity index (χ1) is 14.4. The van der Waals surface area contributed by atoms with Crippen LogP contribution in [0.1, 0.15) is 42.6 Å². The van der Waals surface area contributed by atoms with Crippen LogP contribution in [0, 0.1) is 11.7 Å². The first-order valence-corrected chi connectivity index (χ1v) is 12.1. The average Bonchev–Trinajstić information content (AvgIpc) is 3.36. The van der Waals surface area contributed by atoms with Crippen molar-refractivity contribution in [2.45, 2.75) is 39.2 Å². The van der Waals surface area contributed by atoms with Crippen LogP contribution in [0.2, 0.25) is 0 Å². The third-order valence-corrected chi connectivity index (χ3v) is 7.67. The number of hydrogen-bond donors (Lipinski definition) is 1. The van der Waals surface area contributed by atoms with Crippen LogP contribution in [0.3, 0.4) is 0 Å². The van der Waals surface area contributed by atoms with Crippen molar-refractivity contribution in [3.8, 4) is 5.69 Å². The van der Waals surface area contributed by atoms with Crippen LogP contribution in [-0.2, 0) is 16.6 Å². The molecular formula is C20H26N6O2S2. The Balaban J connectivity index is 1.59. The van der Waals surface area contributed by atoms with Crippen molar-refractivity contribution in [2.24, 2.45) is 0 Å². The van der Waals surface area contributed by atoms with E-state index < -0.39 is 10.0 Å². The number of nitrogens with zero attached hydrogens (tertiary/aromatic N) is 5. The van der Waals surface area contributed by atoms with Crippen LogP contribution in [0.4, 0.5) is 0 Å². The van der Waals surface area contributed by atoms with Gasteiger partial charge in [0.25, 0.3) is 0 Å². The quantitative estimate of drug-likeness (QED) is 0.588. The van der Waals surface area contributed by atoms with Crippen molar-refractivity contribution in [1.29, 1.82) is 0 Å². The summed E-state index contributed by atoms with van der Waals surface area (Å²) in [6.45, 7) is 5.39. The molecule has 3 aromatic rings. The molecule has 0 amide bonds. The standard InChI is InChI=1S/C20H26N6O2S2/c1-3-30(27,28)25-10-4-5-17(13-25)19-22-23-20(29)26(19)18-11-21-24(14-18)12-16-8-6-15(2)7-9-16/h6-9,11,14,17H,3-5,10,12-13H2,1-2H3,(H,23,29)/t17-/m1/s1. The third kappa shape index (κ3) is 4.26. The lowest BCUT2D eigenvalue weighted by molar-refractivity contribution is 0.308. The minimum atomic E-state index is -3.22. The number of nitrogens with one attached hydrogen (secondary N) is 1. The van der Waals surface area contributed by atoms with Gasteiger partial charge in [0.05, 0.1) is 24.2 Å². The van der Waals surface area contributed by atoms with Gasteiger partial charge in [-0.25, -0.2) is 12.7 Å². The van der Waals surface area contributed by atoms with Gasteiger partial charge < -0.3 is 0 Å². The lowest BCUT2D eigenvalue weighted by Gasteiger charge is -2.31. The Morgan fingerprint density at radius 2 is 2.03 bits per heavy atom. The van der Waals surface area contributed by atoms with E-state index in [2.05, 4.69) is 46.5 Å². The zero-order chi connectivity index (χ0) is 21.3. The van der Waals surface area contributed by atoms with Crippen LogP contribution in [-0.4, -0.2) is 56.1 Å². The molecule has 1 aromatic carbocycles. The molecule has 1 atom stereocenters. The predicted molar refractivity (Wildman–Crippen MR) is 118 cm³/mol. The number of sulfonamides is 1. The Morgan fingerprint density at radius 3 is 2.77 bits per heavy atom. The van der Waals surface area contributed by atoms with Crippen LogP contribution in [0.25, 0.3) is 5.69 Å². The van der Waals surface area contributed by atoms with Gasteiger partial charge in [0.15, 0.2) is 4.77 Å². The van der Waals surface area contributed by atoms with Crippen molar-refractivity contribution in [1.82, 2.24) is 28.9 Å². The summed E-state index contributed by atoms with van der Waals surface area (Å²) < 4.78 is 30.5. The Labute approximate surface area is 181 Å². The van der Waals surface area contributed by atoms with Gasteiger partial charge >= 0.3 is 0 Å². The molecule has 1 N–H and O–H groups in total. The van der Waals surface area contributed by atoms with Gasteiger partial charge in [0, 0.05) is 25.2 Å². The van der Waals surface area contributed by atoms with Crippen LogP contribution >= 0.6 is 12.2 Å². The summed E-state index contributed by atoms with van der Waals surface area (Å²) in [5, 5.41) is 11.8. The Bertz CT molecular complexity index is 1180. The fourth-order valence-corrected chi connectivity index (χ4v) is 5.28. The largest absolute Gasteiger partial charge is 0.269 e. The highest BCUT2D eigenvalue weighted by Gasteiger charge is 2.31. The maximum absolute atomic E-state index is 12.3. The second-order valence-electron chi connectivity index (χ2n) is 7.70. The average molecular weight is 447 g/mol.